The molecule has 0 saturated carbocycles. The summed E-state index contributed by atoms with van der Waals surface area (Å²) in [7, 11) is 0. The highest BCUT2D eigenvalue weighted by Crippen LogP contribution is 2.44. The van der Waals surface area contributed by atoms with E-state index in [9.17, 15) is 5.11 Å². The lowest BCUT2D eigenvalue weighted by Crippen LogP contribution is -2.51. The van der Waals surface area contributed by atoms with Gasteiger partial charge in [0, 0.05) is 18.0 Å². The van der Waals surface area contributed by atoms with E-state index >= 15 is 0 Å². The van der Waals surface area contributed by atoms with Gasteiger partial charge in [-0.15, -0.1) is 6.58 Å². The number of nitrogens with one attached hydrogen (secondary N) is 1. The van der Waals surface area contributed by atoms with Crippen LogP contribution in [0.15, 0.2) is 61.2 Å². The van der Waals surface area contributed by atoms with Gasteiger partial charge in [-0.1, -0.05) is 72.7 Å². The number of benzene rings is 2. The summed E-state index contributed by atoms with van der Waals surface area (Å²) < 4.78 is 0. The van der Waals surface area contributed by atoms with Crippen molar-refractivity contribution in [2.45, 2.75) is 51.3 Å². The molecule has 0 radical (unpaired) electrons. The summed E-state index contributed by atoms with van der Waals surface area (Å²) in [6.45, 7) is 10.2. The molecule has 2 nitrogen and oxygen atoms in total. The second-order valence-electron chi connectivity index (χ2n) is 7.61. The molecule has 3 rings (SSSR count). The van der Waals surface area contributed by atoms with Gasteiger partial charge in [0.1, 0.15) is 0 Å². The van der Waals surface area contributed by atoms with Crippen molar-refractivity contribution >= 4 is 0 Å². The molecule has 1 aliphatic rings. The lowest BCUT2D eigenvalue weighted by molar-refractivity contribution is -0.0654. The quantitative estimate of drug-likeness (QED) is 0.769. The van der Waals surface area contributed by atoms with Gasteiger partial charge in [-0.25, -0.2) is 0 Å². The molecule has 0 unspecified atom stereocenters. The molecule has 1 heterocycles. The number of rotatable bonds is 4. The third kappa shape index (κ3) is 3.70. The van der Waals surface area contributed by atoms with Crippen LogP contribution >= 0.6 is 0 Å². The maximum atomic E-state index is 11.4. The molecule has 0 aromatic heterocycles. The van der Waals surface area contributed by atoms with Gasteiger partial charge in [0.2, 0.25) is 0 Å². The van der Waals surface area contributed by atoms with Crippen molar-refractivity contribution < 1.29 is 5.11 Å². The van der Waals surface area contributed by atoms with E-state index in [4.69, 9.17) is 0 Å². The zero-order valence-electron chi connectivity index (χ0n) is 15.5. The van der Waals surface area contributed by atoms with Crippen LogP contribution in [0.3, 0.4) is 0 Å². The zero-order chi connectivity index (χ0) is 18.0. The summed E-state index contributed by atoms with van der Waals surface area (Å²) in [5.74, 6) is 0.106. The van der Waals surface area contributed by atoms with Crippen molar-refractivity contribution in [2.24, 2.45) is 5.92 Å². The van der Waals surface area contributed by atoms with E-state index < -0.39 is 5.60 Å². The Morgan fingerprint density at radius 2 is 1.56 bits per heavy atom. The molecule has 4 atom stereocenters. The smallest absolute Gasteiger partial charge is 0.0743 e. The van der Waals surface area contributed by atoms with E-state index in [-0.39, 0.29) is 18.0 Å². The van der Waals surface area contributed by atoms with E-state index in [2.05, 4.69) is 81.2 Å². The number of hydrogen-bond acceptors (Lipinski definition) is 2. The Morgan fingerprint density at radius 3 is 2.08 bits per heavy atom. The maximum absolute atomic E-state index is 11.4. The summed E-state index contributed by atoms with van der Waals surface area (Å²) in [6.07, 6.45) is 3.16. The molecule has 2 N–H and O–H groups in total. The Balaban J connectivity index is 1.97. The van der Waals surface area contributed by atoms with Crippen LogP contribution in [0.1, 0.15) is 54.1 Å². The summed E-state index contributed by atoms with van der Waals surface area (Å²) in [5.41, 5.74) is 4.22. The highest BCUT2D eigenvalue weighted by atomic mass is 16.3. The minimum absolute atomic E-state index is 0.106. The Hall–Kier alpha value is -1.90. The standard InChI is InChI=1S/C23H29NO/c1-5-14-23(25)15-21(19-10-6-16(2)7-11-19)24-22(18(23)4)20-12-8-17(3)9-13-20/h5-13,18,21-22,24-25H,1,14-15H2,2-4H3/t18-,21-,22-,23+/m1/s1. The fourth-order valence-corrected chi connectivity index (χ4v) is 3.96. The summed E-state index contributed by atoms with van der Waals surface area (Å²) >= 11 is 0. The first kappa shape index (κ1) is 17.9. The lowest BCUT2D eigenvalue weighted by Gasteiger charge is -2.47. The summed E-state index contributed by atoms with van der Waals surface area (Å²) in [4.78, 5) is 0. The van der Waals surface area contributed by atoms with Crippen molar-refractivity contribution in [1.29, 1.82) is 0 Å². The molecule has 0 spiro atoms. The number of piperidine rings is 1. The average molecular weight is 335 g/mol. The second kappa shape index (κ2) is 7.15. The van der Waals surface area contributed by atoms with Crippen LogP contribution in [-0.4, -0.2) is 10.7 Å². The van der Waals surface area contributed by atoms with Crippen molar-refractivity contribution in [3.05, 3.63) is 83.4 Å². The Morgan fingerprint density at radius 1 is 1.04 bits per heavy atom. The minimum Gasteiger partial charge on any atom is -0.389 e. The molecule has 0 amide bonds. The fourth-order valence-electron chi connectivity index (χ4n) is 3.96. The molecule has 1 fully saturated rings. The van der Waals surface area contributed by atoms with Gasteiger partial charge >= 0.3 is 0 Å². The van der Waals surface area contributed by atoms with Crippen LogP contribution in [-0.2, 0) is 0 Å². The molecule has 1 saturated heterocycles. The van der Waals surface area contributed by atoms with Crippen LogP contribution in [0.4, 0.5) is 0 Å². The number of aliphatic hydroxyl groups is 1. The van der Waals surface area contributed by atoms with Crippen molar-refractivity contribution in [3.63, 3.8) is 0 Å². The molecular formula is C23H29NO. The van der Waals surface area contributed by atoms with E-state index in [1.807, 2.05) is 6.08 Å². The zero-order valence-corrected chi connectivity index (χ0v) is 15.5. The lowest BCUT2D eigenvalue weighted by atomic mass is 9.70. The SMILES string of the molecule is C=CC[C@]1(O)C[C@H](c2ccc(C)cc2)N[C@@H](c2ccc(C)cc2)[C@H]1C. The Labute approximate surface area is 151 Å². The predicted octanol–water partition coefficient (Wildman–Crippen LogP) is 5.02. The number of hydrogen-bond donors (Lipinski definition) is 2. The van der Waals surface area contributed by atoms with Crippen LogP contribution in [0.5, 0.6) is 0 Å². The summed E-state index contributed by atoms with van der Waals surface area (Å²) in [5, 5.41) is 15.2. The van der Waals surface area contributed by atoms with Gasteiger partial charge in [0.25, 0.3) is 0 Å². The van der Waals surface area contributed by atoms with Crippen LogP contribution in [0.2, 0.25) is 0 Å². The van der Waals surface area contributed by atoms with Gasteiger partial charge in [-0.3, -0.25) is 0 Å². The van der Waals surface area contributed by atoms with Gasteiger partial charge in [-0.05, 0) is 37.8 Å². The first-order valence-corrected chi connectivity index (χ1v) is 9.15. The molecule has 0 bridgehead atoms. The van der Waals surface area contributed by atoms with Gasteiger partial charge in [0.05, 0.1) is 5.60 Å². The van der Waals surface area contributed by atoms with Gasteiger partial charge < -0.3 is 10.4 Å². The fraction of sp³-hybridized carbons (Fsp3) is 0.391. The molecule has 2 aromatic carbocycles. The predicted molar refractivity (Wildman–Crippen MR) is 105 cm³/mol. The summed E-state index contributed by atoms with van der Waals surface area (Å²) in [6, 6.07) is 17.5. The first-order valence-electron chi connectivity index (χ1n) is 9.15. The highest BCUT2D eigenvalue weighted by Gasteiger charge is 2.45. The topological polar surface area (TPSA) is 32.3 Å². The van der Waals surface area contributed by atoms with Crippen LogP contribution in [0, 0.1) is 19.8 Å². The molecule has 1 aliphatic heterocycles. The van der Waals surface area contributed by atoms with Crippen molar-refractivity contribution in [2.75, 3.05) is 0 Å². The van der Waals surface area contributed by atoms with E-state index in [1.54, 1.807) is 0 Å². The molecular weight excluding hydrogens is 306 g/mol. The minimum atomic E-state index is -0.752. The second-order valence-corrected chi connectivity index (χ2v) is 7.61. The van der Waals surface area contributed by atoms with E-state index in [0.29, 0.717) is 12.8 Å². The molecule has 2 aromatic rings. The van der Waals surface area contributed by atoms with Crippen molar-refractivity contribution in [1.82, 2.24) is 5.32 Å². The average Bonchev–Trinajstić information content (AvgIpc) is 2.59. The largest absolute Gasteiger partial charge is 0.389 e. The van der Waals surface area contributed by atoms with Crippen molar-refractivity contribution in [3.8, 4) is 0 Å². The Bertz CT molecular complexity index is 719. The normalized spacial score (nSPS) is 29.4. The highest BCUT2D eigenvalue weighted by molar-refractivity contribution is 5.30. The molecule has 132 valence electrons. The molecule has 0 aliphatic carbocycles. The molecule has 2 heteroatoms. The van der Waals surface area contributed by atoms with E-state index in [0.717, 1.165) is 0 Å². The van der Waals surface area contributed by atoms with E-state index in [1.165, 1.54) is 22.3 Å². The van der Waals surface area contributed by atoms with Gasteiger partial charge in [0.15, 0.2) is 0 Å². The first-order chi connectivity index (χ1) is 11.9. The monoisotopic (exact) mass is 335 g/mol. The Kier molecular flexibility index (Phi) is 5.12. The third-order valence-corrected chi connectivity index (χ3v) is 5.70. The third-order valence-electron chi connectivity index (χ3n) is 5.70. The molecule has 25 heavy (non-hydrogen) atoms. The maximum Gasteiger partial charge on any atom is 0.0743 e. The van der Waals surface area contributed by atoms with Crippen LogP contribution < -0.4 is 5.32 Å². The van der Waals surface area contributed by atoms with Gasteiger partial charge in [-0.2, -0.15) is 0 Å². The van der Waals surface area contributed by atoms with Crippen LogP contribution in [0.25, 0.3) is 0 Å². The number of aryl methyl sites for hydroxylation is 2.